The van der Waals surface area contributed by atoms with Gasteiger partial charge < -0.3 is 5.11 Å². The minimum atomic E-state index is -5.00. The molecule has 0 radical (unpaired) electrons. The Kier molecular flexibility index (Phi) is 5.71. The van der Waals surface area contributed by atoms with Crippen molar-refractivity contribution in [2.24, 2.45) is 0 Å². The van der Waals surface area contributed by atoms with Gasteiger partial charge in [0.05, 0.1) is 10.5 Å². The number of hydrogen-bond donors (Lipinski definition) is 2. The molecule has 120 valence electrons. The van der Waals surface area contributed by atoms with Crippen LogP contribution in [-0.4, -0.2) is 26.2 Å². The second kappa shape index (κ2) is 6.71. The van der Waals surface area contributed by atoms with Gasteiger partial charge in [0.25, 0.3) is 0 Å². The topological polar surface area (TPSA) is 66.4 Å². The van der Waals surface area contributed by atoms with Crippen molar-refractivity contribution in [3.05, 3.63) is 29.6 Å². The first-order chi connectivity index (χ1) is 9.61. The molecule has 2 N–H and O–H groups in total. The van der Waals surface area contributed by atoms with Crippen LogP contribution >= 0.6 is 0 Å². The van der Waals surface area contributed by atoms with Gasteiger partial charge in [0.1, 0.15) is 5.82 Å². The van der Waals surface area contributed by atoms with Crippen LogP contribution in [0.1, 0.15) is 25.3 Å². The lowest BCUT2D eigenvalue weighted by Gasteiger charge is -2.18. The summed E-state index contributed by atoms with van der Waals surface area (Å²) in [5.74, 6) is -1.18. The van der Waals surface area contributed by atoms with E-state index in [4.69, 9.17) is 5.11 Å². The minimum absolute atomic E-state index is 0.0677. The molecule has 0 saturated heterocycles. The van der Waals surface area contributed by atoms with Crippen LogP contribution in [0, 0.1) is 5.82 Å². The first kappa shape index (κ1) is 17.9. The number of rotatable bonds is 6. The third-order valence-corrected chi connectivity index (χ3v) is 4.41. The molecule has 0 saturated carbocycles. The maximum atomic E-state index is 13.0. The summed E-state index contributed by atoms with van der Waals surface area (Å²) in [5, 5.41) is 8.79. The molecule has 0 bridgehead atoms. The van der Waals surface area contributed by atoms with Gasteiger partial charge in [0.15, 0.2) is 0 Å². The van der Waals surface area contributed by atoms with Crippen molar-refractivity contribution >= 4 is 10.0 Å². The quantitative estimate of drug-likeness (QED) is 0.787. The number of hydrogen-bond acceptors (Lipinski definition) is 3. The standard InChI is InChI=1S/C12H15F4NO3S/c1-2-9(5-6-18)17-21(19,20)11-4-3-8(13)7-10(11)12(14,15)16/h3-4,7,9,17-18H,2,5-6H2,1H3/t9-/m1/s1. The lowest BCUT2D eigenvalue weighted by molar-refractivity contribution is -0.140. The molecule has 1 rings (SSSR count). The minimum Gasteiger partial charge on any atom is -0.396 e. The van der Waals surface area contributed by atoms with Crippen LogP contribution in [0.2, 0.25) is 0 Å². The Morgan fingerprint density at radius 1 is 1.33 bits per heavy atom. The van der Waals surface area contributed by atoms with Crippen molar-refractivity contribution in [2.75, 3.05) is 6.61 Å². The summed E-state index contributed by atoms with van der Waals surface area (Å²) < 4.78 is 77.6. The van der Waals surface area contributed by atoms with Crippen molar-refractivity contribution in [2.45, 2.75) is 36.9 Å². The Balaban J connectivity index is 3.26. The highest BCUT2D eigenvalue weighted by atomic mass is 32.2. The molecule has 9 heteroatoms. The molecule has 0 aromatic heterocycles. The molecule has 1 aromatic carbocycles. The number of sulfonamides is 1. The van der Waals surface area contributed by atoms with E-state index < -0.39 is 38.5 Å². The van der Waals surface area contributed by atoms with E-state index in [1.54, 1.807) is 6.92 Å². The van der Waals surface area contributed by atoms with Crippen LogP contribution in [0.3, 0.4) is 0 Å². The third-order valence-electron chi connectivity index (χ3n) is 2.83. The van der Waals surface area contributed by atoms with Crippen molar-refractivity contribution in [3.8, 4) is 0 Å². The van der Waals surface area contributed by atoms with E-state index in [1.807, 2.05) is 0 Å². The number of halogens is 4. The highest BCUT2D eigenvalue weighted by Gasteiger charge is 2.38. The van der Waals surface area contributed by atoms with Gasteiger partial charge in [-0.1, -0.05) is 6.92 Å². The van der Waals surface area contributed by atoms with E-state index >= 15 is 0 Å². The fraction of sp³-hybridized carbons (Fsp3) is 0.500. The molecule has 0 spiro atoms. The Bertz CT molecular complexity index is 587. The fourth-order valence-electron chi connectivity index (χ4n) is 1.74. The van der Waals surface area contributed by atoms with Crippen LogP contribution < -0.4 is 4.72 Å². The average molecular weight is 329 g/mol. The second-order valence-electron chi connectivity index (χ2n) is 4.38. The molecule has 0 amide bonds. The molecule has 1 aromatic rings. The van der Waals surface area contributed by atoms with Gasteiger partial charge in [0.2, 0.25) is 10.0 Å². The summed E-state index contributed by atoms with van der Waals surface area (Å²) >= 11 is 0. The van der Waals surface area contributed by atoms with E-state index in [-0.39, 0.29) is 19.1 Å². The summed E-state index contributed by atoms with van der Waals surface area (Å²) in [6, 6.07) is 0.663. The fourth-order valence-corrected chi connectivity index (χ4v) is 3.30. The molecule has 4 nitrogen and oxygen atoms in total. The van der Waals surface area contributed by atoms with Crippen LogP contribution in [0.15, 0.2) is 23.1 Å². The van der Waals surface area contributed by atoms with Gasteiger partial charge in [-0.3, -0.25) is 0 Å². The molecule has 1 atom stereocenters. The van der Waals surface area contributed by atoms with Gasteiger partial charge in [-0.05, 0) is 31.0 Å². The number of nitrogens with one attached hydrogen (secondary N) is 1. The molecule has 0 aliphatic carbocycles. The molecule has 0 aliphatic heterocycles. The summed E-state index contributed by atoms with van der Waals surface area (Å²) in [6.07, 6.45) is -4.63. The zero-order chi connectivity index (χ0) is 16.3. The van der Waals surface area contributed by atoms with Gasteiger partial charge in [0, 0.05) is 12.6 Å². The van der Waals surface area contributed by atoms with E-state index in [2.05, 4.69) is 4.72 Å². The SMILES string of the molecule is CC[C@H](CCO)NS(=O)(=O)c1ccc(F)cc1C(F)(F)F. The largest absolute Gasteiger partial charge is 0.417 e. The summed E-state index contributed by atoms with van der Waals surface area (Å²) in [4.78, 5) is -1.03. The van der Waals surface area contributed by atoms with E-state index in [1.165, 1.54) is 0 Å². The molecule has 0 aliphatic rings. The Hall–Kier alpha value is -1.19. The van der Waals surface area contributed by atoms with Crippen LogP contribution in [0.5, 0.6) is 0 Å². The van der Waals surface area contributed by atoms with Crippen LogP contribution in [-0.2, 0) is 16.2 Å². The monoisotopic (exact) mass is 329 g/mol. The maximum Gasteiger partial charge on any atom is 0.417 e. The molecule has 0 heterocycles. The average Bonchev–Trinajstić information content (AvgIpc) is 2.36. The summed E-state index contributed by atoms with van der Waals surface area (Å²) in [7, 11) is -4.47. The number of benzene rings is 1. The zero-order valence-electron chi connectivity index (χ0n) is 11.1. The summed E-state index contributed by atoms with van der Waals surface area (Å²) in [5.41, 5.74) is -1.56. The third kappa shape index (κ3) is 4.65. The van der Waals surface area contributed by atoms with Crippen molar-refractivity contribution in [1.29, 1.82) is 0 Å². The zero-order valence-corrected chi connectivity index (χ0v) is 11.9. The van der Waals surface area contributed by atoms with Crippen LogP contribution in [0.4, 0.5) is 17.6 Å². The highest BCUT2D eigenvalue weighted by molar-refractivity contribution is 7.89. The first-order valence-corrected chi connectivity index (χ1v) is 7.60. The van der Waals surface area contributed by atoms with Gasteiger partial charge in [-0.25, -0.2) is 17.5 Å². The second-order valence-corrected chi connectivity index (χ2v) is 6.06. The van der Waals surface area contributed by atoms with Gasteiger partial charge in [-0.2, -0.15) is 13.2 Å². The lowest BCUT2D eigenvalue weighted by atomic mass is 10.2. The number of aliphatic hydroxyl groups excluding tert-OH is 1. The predicted octanol–water partition coefficient (Wildman–Crippen LogP) is 2.28. The number of aliphatic hydroxyl groups is 1. The first-order valence-electron chi connectivity index (χ1n) is 6.11. The van der Waals surface area contributed by atoms with Crippen molar-refractivity contribution in [1.82, 2.24) is 4.72 Å². The Morgan fingerprint density at radius 3 is 2.43 bits per heavy atom. The maximum absolute atomic E-state index is 13.0. The number of alkyl halides is 3. The Morgan fingerprint density at radius 2 is 1.95 bits per heavy atom. The highest BCUT2D eigenvalue weighted by Crippen LogP contribution is 2.34. The van der Waals surface area contributed by atoms with Crippen LogP contribution in [0.25, 0.3) is 0 Å². The van der Waals surface area contributed by atoms with Gasteiger partial charge in [-0.15, -0.1) is 0 Å². The molecular weight excluding hydrogens is 314 g/mol. The lowest BCUT2D eigenvalue weighted by Crippen LogP contribution is -2.36. The molecule has 21 heavy (non-hydrogen) atoms. The van der Waals surface area contributed by atoms with E-state index in [9.17, 15) is 26.0 Å². The smallest absolute Gasteiger partial charge is 0.396 e. The van der Waals surface area contributed by atoms with Crippen molar-refractivity contribution < 1.29 is 31.1 Å². The summed E-state index contributed by atoms with van der Waals surface area (Å²) in [6.45, 7) is 1.31. The molecule has 0 fully saturated rings. The van der Waals surface area contributed by atoms with E-state index in [0.29, 0.717) is 18.6 Å². The molecular formula is C12H15F4NO3S. The Labute approximate surface area is 119 Å². The molecule has 0 unspecified atom stereocenters. The van der Waals surface area contributed by atoms with E-state index in [0.717, 1.165) is 0 Å². The predicted molar refractivity (Wildman–Crippen MR) is 67.5 cm³/mol. The van der Waals surface area contributed by atoms with Gasteiger partial charge >= 0.3 is 6.18 Å². The normalized spacial score (nSPS) is 14.2. The van der Waals surface area contributed by atoms with Crippen molar-refractivity contribution in [3.63, 3.8) is 0 Å².